The first-order valence-corrected chi connectivity index (χ1v) is 19.4. The highest BCUT2D eigenvalue weighted by molar-refractivity contribution is 7.26. The molecular formula is C50H30N4S. The minimum atomic E-state index is 0.656. The van der Waals surface area contributed by atoms with Crippen LogP contribution in [0.2, 0.25) is 0 Å². The second-order valence-electron chi connectivity index (χ2n) is 14.2. The van der Waals surface area contributed by atoms with E-state index >= 15 is 0 Å². The van der Waals surface area contributed by atoms with Crippen LogP contribution >= 0.6 is 11.3 Å². The van der Waals surface area contributed by atoms with Gasteiger partial charge in [-0.05, 0) is 65.4 Å². The molecule has 4 aromatic heterocycles. The average molecular weight is 719 g/mol. The van der Waals surface area contributed by atoms with Crippen LogP contribution in [0.3, 0.4) is 0 Å². The molecule has 0 bridgehead atoms. The van der Waals surface area contributed by atoms with Gasteiger partial charge in [-0.25, -0.2) is 9.97 Å². The van der Waals surface area contributed by atoms with E-state index in [1.54, 1.807) is 0 Å². The highest BCUT2D eigenvalue weighted by Crippen LogP contribution is 2.48. The molecule has 5 heteroatoms. The Labute approximate surface area is 319 Å². The molecule has 0 aliphatic rings. The molecule has 0 unspecified atom stereocenters. The van der Waals surface area contributed by atoms with Crippen molar-refractivity contribution in [1.29, 1.82) is 0 Å². The highest BCUT2D eigenvalue weighted by Gasteiger charge is 2.23. The molecule has 8 aromatic carbocycles. The third kappa shape index (κ3) is 4.51. The summed E-state index contributed by atoms with van der Waals surface area (Å²) in [6.45, 7) is 0. The van der Waals surface area contributed by atoms with Gasteiger partial charge in [0, 0.05) is 58.5 Å². The molecule has 0 radical (unpaired) electrons. The van der Waals surface area contributed by atoms with Gasteiger partial charge in [-0.15, -0.1) is 11.3 Å². The highest BCUT2D eigenvalue weighted by atomic mass is 32.1. The summed E-state index contributed by atoms with van der Waals surface area (Å²) in [7, 11) is 0. The lowest BCUT2D eigenvalue weighted by Crippen LogP contribution is -2.03. The molecule has 0 N–H and O–H groups in total. The van der Waals surface area contributed by atoms with Gasteiger partial charge in [0.1, 0.15) is 0 Å². The number of aromatic nitrogens is 4. The van der Waals surface area contributed by atoms with Crippen LogP contribution in [0.5, 0.6) is 0 Å². The Morgan fingerprint density at radius 2 is 0.873 bits per heavy atom. The first-order valence-electron chi connectivity index (χ1n) is 18.6. The van der Waals surface area contributed by atoms with E-state index in [1.807, 2.05) is 23.5 Å². The third-order valence-corrected chi connectivity index (χ3v) is 12.2. The summed E-state index contributed by atoms with van der Waals surface area (Å²) in [6, 6.07) is 65.1. The van der Waals surface area contributed by atoms with Crippen molar-refractivity contribution in [2.24, 2.45) is 0 Å². The number of nitrogens with zero attached hydrogens (tertiary/aromatic N) is 4. The molecule has 12 aromatic rings. The van der Waals surface area contributed by atoms with Crippen LogP contribution in [0.25, 0.3) is 109 Å². The van der Waals surface area contributed by atoms with Crippen molar-refractivity contribution in [3.05, 3.63) is 182 Å². The fourth-order valence-corrected chi connectivity index (χ4v) is 9.85. The standard InChI is InChI=1S/C50H30N4S/c1-3-14-32(15-4-1)38-30-39(33-16-5-2-6-17-33)52-50(51-38)54-41-22-12-10-20-37(41)47-43(54)26-28-45-49(47)48-44(55-45)27-25-42-46(48)36-19-9-11-21-40(36)53(42)35-24-23-31-13-7-8-18-34(31)29-35/h1-30H. The van der Waals surface area contributed by atoms with Gasteiger partial charge >= 0.3 is 0 Å². The summed E-state index contributed by atoms with van der Waals surface area (Å²) >= 11 is 1.87. The Morgan fingerprint density at radius 3 is 1.49 bits per heavy atom. The van der Waals surface area contributed by atoms with E-state index in [0.717, 1.165) is 39.2 Å². The van der Waals surface area contributed by atoms with Crippen molar-refractivity contribution in [2.45, 2.75) is 0 Å². The molecule has 0 aliphatic heterocycles. The largest absolute Gasteiger partial charge is 0.309 e. The Balaban J connectivity index is 1.20. The fraction of sp³-hybridized carbons (Fsp3) is 0. The maximum absolute atomic E-state index is 5.30. The van der Waals surface area contributed by atoms with Gasteiger partial charge in [0.2, 0.25) is 5.95 Å². The quantitative estimate of drug-likeness (QED) is 0.182. The fourth-order valence-electron chi connectivity index (χ4n) is 8.73. The minimum absolute atomic E-state index is 0.656. The number of benzene rings is 8. The summed E-state index contributed by atoms with van der Waals surface area (Å²) in [5.41, 5.74) is 9.63. The Morgan fingerprint density at radius 1 is 0.364 bits per heavy atom. The summed E-state index contributed by atoms with van der Waals surface area (Å²) in [5.74, 6) is 0.656. The first kappa shape index (κ1) is 30.4. The van der Waals surface area contributed by atoms with Gasteiger partial charge < -0.3 is 4.57 Å². The summed E-state index contributed by atoms with van der Waals surface area (Å²) in [4.78, 5) is 10.6. The topological polar surface area (TPSA) is 35.6 Å². The lowest BCUT2D eigenvalue weighted by atomic mass is 10.0. The zero-order valence-corrected chi connectivity index (χ0v) is 30.3. The lowest BCUT2D eigenvalue weighted by Gasteiger charge is -2.11. The molecular weight excluding hydrogens is 689 g/mol. The minimum Gasteiger partial charge on any atom is -0.309 e. The molecule has 12 rings (SSSR count). The Bertz CT molecular complexity index is 3430. The number of fused-ring (bicyclic) bond motifs is 12. The molecule has 55 heavy (non-hydrogen) atoms. The van der Waals surface area contributed by atoms with Crippen LogP contribution in [0.4, 0.5) is 0 Å². The molecule has 0 aliphatic carbocycles. The molecule has 0 atom stereocenters. The molecule has 4 nitrogen and oxygen atoms in total. The summed E-state index contributed by atoms with van der Waals surface area (Å²) in [5, 5.41) is 10.0. The zero-order valence-electron chi connectivity index (χ0n) is 29.5. The van der Waals surface area contributed by atoms with Crippen molar-refractivity contribution in [3.63, 3.8) is 0 Å². The van der Waals surface area contributed by atoms with E-state index in [2.05, 4.69) is 179 Å². The van der Waals surface area contributed by atoms with Crippen LogP contribution in [0, 0.1) is 0 Å². The van der Waals surface area contributed by atoms with Crippen molar-refractivity contribution < 1.29 is 0 Å². The zero-order chi connectivity index (χ0) is 36.0. The van der Waals surface area contributed by atoms with Crippen molar-refractivity contribution >= 4 is 85.9 Å². The maximum atomic E-state index is 5.30. The van der Waals surface area contributed by atoms with Crippen molar-refractivity contribution in [1.82, 2.24) is 19.1 Å². The molecule has 256 valence electrons. The van der Waals surface area contributed by atoms with Gasteiger partial charge in [-0.1, -0.05) is 127 Å². The van der Waals surface area contributed by atoms with Gasteiger partial charge in [0.15, 0.2) is 0 Å². The summed E-state index contributed by atoms with van der Waals surface area (Å²) in [6.07, 6.45) is 0. The maximum Gasteiger partial charge on any atom is 0.235 e. The molecule has 0 spiro atoms. The monoisotopic (exact) mass is 718 g/mol. The molecule has 0 saturated heterocycles. The third-order valence-electron chi connectivity index (χ3n) is 11.1. The molecule has 0 saturated carbocycles. The number of para-hydroxylation sites is 2. The number of rotatable bonds is 4. The van der Waals surface area contributed by atoms with Gasteiger partial charge in [-0.3, -0.25) is 4.57 Å². The Kier molecular flexibility index (Phi) is 6.47. The van der Waals surface area contributed by atoms with Crippen molar-refractivity contribution in [3.8, 4) is 34.2 Å². The van der Waals surface area contributed by atoms with E-state index in [9.17, 15) is 0 Å². The van der Waals surface area contributed by atoms with Crippen LogP contribution in [0.1, 0.15) is 0 Å². The summed E-state index contributed by atoms with van der Waals surface area (Å²) < 4.78 is 7.26. The molecule has 4 heterocycles. The van der Waals surface area contributed by atoms with E-state index in [-0.39, 0.29) is 0 Å². The predicted octanol–water partition coefficient (Wildman–Crippen LogP) is 13.5. The SMILES string of the molecule is c1ccc(-c2cc(-c3ccccc3)nc(-n3c4ccccc4c4c5c(ccc43)sc3ccc4c(c6ccccc6n4-c4ccc6ccccc6c4)c35)n2)cc1. The first-order chi connectivity index (χ1) is 27.3. The second-order valence-corrected chi connectivity index (χ2v) is 15.3. The average Bonchev–Trinajstić information content (AvgIpc) is 3.91. The number of hydrogen-bond acceptors (Lipinski definition) is 3. The second kappa shape index (κ2) is 11.7. The van der Waals surface area contributed by atoms with Crippen LogP contribution in [-0.2, 0) is 0 Å². The van der Waals surface area contributed by atoms with E-state index in [0.29, 0.717) is 5.95 Å². The Hall–Kier alpha value is -7.08. The van der Waals surface area contributed by atoms with Gasteiger partial charge in [0.25, 0.3) is 0 Å². The van der Waals surface area contributed by atoms with Crippen molar-refractivity contribution in [2.75, 3.05) is 0 Å². The smallest absolute Gasteiger partial charge is 0.235 e. The van der Waals surface area contributed by atoms with E-state index in [1.165, 1.54) is 63.5 Å². The van der Waals surface area contributed by atoms with Gasteiger partial charge in [0.05, 0.1) is 33.5 Å². The van der Waals surface area contributed by atoms with E-state index in [4.69, 9.17) is 9.97 Å². The molecule has 0 fully saturated rings. The van der Waals surface area contributed by atoms with Gasteiger partial charge in [-0.2, -0.15) is 0 Å². The number of thiophene rings is 1. The van der Waals surface area contributed by atoms with Crippen LogP contribution < -0.4 is 0 Å². The number of hydrogen-bond donors (Lipinski definition) is 0. The van der Waals surface area contributed by atoms with Crippen LogP contribution in [0.15, 0.2) is 182 Å². The normalized spacial score (nSPS) is 12.0. The predicted molar refractivity (Wildman–Crippen MR) is 232 cm³/mol. The lowest BCUT2D eigenvalue weighted by molar-refractivity contribution is 0.996. The molecule has 0 amide bonds. The van der Waals surface area contributed by atoms with Crippen LogP contribution in [-0.4, -0.2) is 19.1 Å². The van der Waals surface area contributed by atoms with E-state index < -0.39 is 0 Å².